The van der Waals surface area contributed by atoms with Gasteiger partial charge in [0.2, 0.25) is 0 Å². The van der Waals surface area contributed by atoms with Crippen molar-refractivity contribution in [2.75, 3.05) is 19.3 Å². The first kappa shape index (κ1) is 13.4. The third-order valence-corrected chi connectivity index (χ3v) is 2.44. The van der Waals surface area contributed by atoms with Crippen LogP contribution in [-0.4, -0.2) is 41.0 Å². The van der Waals surface area contributed by atoms with Crippen molar-refractivity contribution in [2.45, 2.75) is 12.2 Å². The van der Waals surface area contributed by atoms with Crippen LogP contribution in [0.15, 0.2) is 18.2 Å². The molecule has 1 aromatic rings. The lowest BCUT2D eigenvalue weighted by Gasteiger charge is -2.20. The molecule has 0 aliphatic heterocycles. The van der Waals surface area contributed by atoms with Crippen LogP contribution in [0.4, 0.5) is 5.69 Å². The molecule has 0 aliphatic rings. The van der Waals surface area contributed by atoms with Gasteiger partial charge in [0.15, 0.2) is 0 Å². The number of benzene rings is 1. The molecule has 0 radical (unpaired) electrons. The van der Waals surface area contributed by atoms with Crippen LogP contribution in [-0.2, 0) is 0 Å². The van der Waals surface area contributed by atoms with Crippen molar-refractivity contribution in [3.05, 3.63) is 29.3 Å². The van der Waals surface area contributed by atoms with Crippen molar-refractivity contribution in [3.63, 3.8) is 0 Å². The van der Waals surface area contributed by atoms with E-state index in [1.54, 1.807) is 7.05 Å². The van der Waals surface area contributed by atoms with Crippen LogP contribution in [0, 0.1) is 0 Å². The van der Waals surface area contributed by atoms with E-state index in [2.05, 4.69) is 5.32 Å². The van der Waals surface area contributed by atoms with Crippen LogP contribution >= 0.6 is 0 Å². The van der Waals surface area contributed by atoms with Crippen LogP contribution in [0.3, 0.4) is 0 Å². The van der Waals surface area contributed by atoms with Crippen LogP contribution in [0.25, 0.3) is 0 Å². The van der Waals surface area contributed by atoms with Gasteiger partial charge in [-0.1, -0.05) is 12.1 Å². The van der Waals surface area contributed by atoms with E-state index in [0.29, 0.717) is 0 Å². The smallest absolute Gasteiger partial charge is 0.338 e. The number of carbonyl (C=O) groups is 1. The predicted octanol–water partition coefficient (Wildman–Crippen LogP) is -0.419. The Morgan fingerprint density at radius 1 is 1.47 bits per heavy atom. The molecule has 0 heterocycles. The molecule has 6 heteroatoms. The first-order chi connectivity index (χ1) is 7.99. The van der Waals surface area contributed by atoms with Gasteiger partial charge < -0.3 is 26.4 Å². The number of rotatable bonds is 5. The molecule has 0 bridgehead atoms. The monoisotopic (exact) mass is 240 g/mol. The number of nitrogens with two attached hydrogens (primary N) is 1. The number of aliphatic hydroxyl groups is 2. The van der Waals surface area contributed by atoms with E-state index >= 15 is 0 Å². The van der Waals surface area contributed by atoms with Gasteiger partial charge in [0.05, 0.1) is 11.7 Å². The van der Waals surface area contributed by atoms with E-state index in [4.69, 9.17) is 10.8 Å². The molecular weight excluding hydrogens is 224 g/mol. The number of carboxylic acids is 1. The summed E-state index contributed by atoms with van der Waals surface area (Å²) in [6.45, 7) is 0.148. The Morgan fingerprint density at radius 3 is 2.65 bits per heavy atom. The summed E-state index contributed by atoms with van der Waals surface area (Å²) in [5.41, 5.74) is 5.55. The molecular formula is C11H16N2O4. The number of nitrogens with one attached hydrogen (secondary N) is 1. The molecule has 2 unspecified atom stereocenters. The van der Waals surface area contributed by atoms with Gasteiger partial charge in [-0.05, 0) is 18.7 Å². The summed E-state index contributed by atoms with van der Waals surface area (Å²) < 4.78 is 0. The maximum absolute atomic E-state index is 11.0. The molecule has 0 saturated heterocycles. The van der Waals surface area contributed by atoms with Gasteiger partial charge in [0, 0.05) is 12.2 Å². The van der Waals surface area contributed by atoms with Crippen molar-refractivity contribution in [3.8, 4) is 0 Å². The zero-order chi connectivity index (χ0) is 13.0. The Labute approximate surface area is 98.7 Å². The van der Waals surface area contributed by atoms with E-state index in [-0.39, 0.29) is 23.4 Å². The topological polar surface area (TPSA) is 116 Å². The highest BCUT2D eigenvalue weighted by molar-refractivity contribution is 5.95. The van der Waals surface area contributed by atoms with Gasteiger partial charge in [0.25, 0.3) is 0 Å². The summed E-state index contributed by atoms with van der Waals surface area (Å²) >= 11 is 0. The summed E-state index contributed by atoms with van der Waals surface area (Å²) in [4.78, 5) is 11.0. The highest BCUT2D eigenvalue weighted by Crippen LogP contribution is 2.25. The Balaban J connectivity index is 3.13. The highest BCUT2D eigenvalue weighted by atomic mass is 16.4. The number of aromatic carboxylic acids is 1. The maximum atomic E-state index is 11.0. The van der Waals surface area contributed by atoms with E-state index in [0.717, 1.165) is 0 Å². The first-order valence-electron chi connectivity index (χ1n) is 5.11. The Bertz CT molecular complexity index is 408. The molecule has 0 aromatic heterocycles. The van der Waals surface area contributed by atoms with Crippen molar-refractivity contribution in [1.29, 1.82) is 0 Å². The number of hydrogen-bond donors (Lipinski definition) is 5. The van der Waals surface area contributed by atoms with Crippen molar-refractivity contribution in [1.82, 2.24) is 5.32 Å². The molecule has 6 nitrogen and oxygen atoms in total. The lowest BCUT2D eigenvalue weighted by Crippen LogP contribution is -2.30. The van der Waals surface area contributed by atoms with Crippen LogP contribution < -0.4 is 11.1 Å². The lowest BCUT2D eigenvalue weighted by atomic mass is 9.97. The molecule has 1 rings (SSSR count). The summed E-state index contributed by atoms with van der Waals surface area (Å²) in [7, 11) is 1.62. The van der Waals surface area contributed by atoms with Gasteiger partial charge >= 0.3 is 5.97 Å². The fourth-order valence-corrected chi connectivity index (χ4v) is 1.61. The highest BCUT2D eigenvalue weighted by Gasteiger charge is 2.24. The molecule has 0 fully saturated rings. The summed E-state index contributed by atoms with van der Waals surface area (Å²) in [6.07, 6.45) is -2.39. The standard InChI is InChI=1S/C11H16N2O4/c1-13-5-8(14)10(15)6-3-2-4-7(12)9(6)11(16)17/h2-4,8,10,13-15H,5,12H2,1H3,(H,16,17). The molecule has 0 spiro atoms. The molecule has 6 N–H and O–H groups in total. The Hall–Kier alpha value is -1.63. The number of nitrogen functional groups attached to an aromatic ring is 1. The van der Waals surface area contributed by atoms with E-state index in [9.17, 15) is 15.0 Å². The number of aliphatic hydroxyl groups excluding tert-OH is 2. The Morgan fingerprint density at radius 2 is 2.12 bits per heavy atom. The van der Waals surface area contributed by atoms with Gasteiger partial charge in [-0.25, -0.2) is 4.79 Å². The van der Waals surface area contributed by atoms with Crippen LogP contribution in [0.2, 0.25) is 0 Å². The van der Waals surface area contributed by atoms with Gasteiger partial charge in [0.1, 0.15) is 6.10 Å². The second-order valence-electron chi connectivity index (χ2n) is 3.69. The second kappa shape index (κ2) is 5.62. The normalized spacial score (nSPS) is 14.3. The third kappa shape index (κ3) is 2.94. The largest absolute Gasteiger partial charge is 0.478 e. The number of anilines is 1. The van der Waals surface area contributed by atoms with Gasteiger partial charge in [-0.15, -0.1) is 0 Å². The lowest BCUT2D eigenvalue weighted by molar-refractivity contribution is 0.0192. The average Bonchev–Trinajstić information content (AvgIpc) is 2.27. The van der Waals surface area contributed by atoms with Gasteiger partial charge in [-0.2, -0.15) is 0 Å². The number of hydrogen-bond acceptors (Lipinski definition) is 5. The van der Waals surface area contributed by atoms with Crippen molar-refractivity contribution in [2.24, 2.45) is 0 Å². The molecule has 0 aliphatic carbocycles. The Kier molecular flexibility index (Phi) is 4.45. The maximum Gasteiger partial charge on any atom is 0.338 e. The second-order valence-corrected chi connectivity index (χ2v) is 3.69. The van der Waals surface area contributed by atoms with Gasteiger partial charge in [-0.3, -0.25) is 0 Å². The number of likely N-dealkylation sites (N-methyl/N-ethyl adjacent to an activating group) is 1. The van der Waals surface area contributed by atoms with Crippen molar-refractivity contribution < 1.29 is 20.1 Å². The predicted molar refractivity (Wildman–Crippen MR) is 62.7 cm³/mol. The summed E-state index contributed by atoms with van der Waals surface area (Å²) in [6, 6.07) is 4.40. The van der Waals surface area contributed by atoms with Crippen LogP contribution in [0.5, 0.6) is 0 Å². The molecule has 1 aromatic carbocycles. The van der Waals surface area contributed by atoms with E-state index in [1.807, 2.05) is 0 Å². The molecule has 17 heavy (non-hydrogen) atoms. The molecule has 0 saturated carbocycles. The molecule has 0 amide bonds. The minimum Gasteiger partial charge on any atom is -0.478 e. The molecule has 2 atom stereocenters. The summed E-state index contributed by atoms with van der Waals surface area (Å²) in [5, 5.41) is 31.2. The minimum absolute atomic E-state index is 0.0608. The fraction of sp³-hybridized carbons (Fsp3) is 0.364. The average molecular weight is 240 g/mol. The van der Waals surface area contributed by atoms with Crippen LogP contribution in [0.1, 0.15) is 22.0 Å². The fourth-order valence-electron chi connectivity index (χ4n) is 1.61. The first-order valence-corrected chi connectivity index (χ1v) is 5.11. The quantitative estimate of drug-likeness (QED) is 0.446. The summed E-state index contributed by atoms with van der Waals surface area (Å²) in [5.74, 6) is -1.23. The SMILES string of the molecule is CNCC(O)C(O)c1cccc(N)c1C(=O)O. The van der Waals surface area contributed by atoms with E-state index in [1.165, 1.54) is 18.2 Å². The zero-order valence-electron chi connectivity index (χ0n) is 9.42. The minimum atomic E-state index is -1.29. The third-order valence-electron chi connectivity index (χ3n) is 2.44. The van der Waals surface area contributed by atoms with Crippen molar-refractivity contribution >= 4 is 11.7 Å². The van der Waals surface area contributed by atoms with E-state index < -0.39 is 18.2 Å². The zero-order valence-corrected chi connectivity index (χ0v) is 9.42. The molecule has 94 valence electrons. The number of carboxylic acid groups (broad SMARTS) is 1.